The Hall–Kier alpha value is -0.160. The van der Waals surface area contributed by atoms with Gasteiger partial charge in [-0.25, -0.2) is 0 Å². The summed E-state index contributed by atoms with van der Waals surface area (Å²) in [5, 5.41) is 0. The van der Waals surface area contributed by atoms with E-state index in [2.05, 4.69) is 11.8 Å². The van der Waals surface area contributed by atoms with E-state index in [1.54, 1.807) is 7.11 Å². The second kappa shape index (κ2) is 8.86. The minimum absolute atomic E-state index is 0.454. The lowest BCUT2D eigenvalue weighted by atomic mass is 10.1. The smallest absolute Gasteiger partial charge is 0.0599 e. The Balaban J connectivity index is 2.08. The molecule has 17 heavy (non-hydrogen) atoms. The van der Waals surface area contributed by atoms with Gasteiger partial charge in [0, 0.05) is 40.0 Å². The molecule has 0 bridgehead atoms. The van der Waals surface area contributed by atoms with Crippen molar-refractivity contribution in [2.24, 2.45) is 11.7 Å². The van der Waals surface area contributed by atoms with Crippen LogP contribution in [0.1, 0.15) is 26.2 Å². The summed E-state index contributed by atoms with van der Waals surface area (Å²) in [5.74, 6) is 0.620. The number of ether oxygens (including phenoxy) is 2. The lowest BCUT2D eigenvalue weighted by Gasteiger charge is -2.33. The van der Waals surface area contributed by atoms with Crippen LogP contribution in [0.15, 0.2) is 0 Å². The van der Waals surface area contributed by atoms with E-state index in [1.165, 1.54) is 0 Å². The summed E-state index contributed by atoms with van der Waals surface area (Å²) >= 11 is 0. The Morgan fingerprint density at radius 2 is 2.06 bits per heavy atom. The zero-order valence-corrected chi connectivity index (χ0v) is 11.4. The van der Waals surface area contributed by atoms with Gasteiger partial charge in [0.15, 0.2) is 0 Å². The molecule has 0 aromatic rings. The average molecular weight is 244 g/mol. The highest BCUT2D eigenvalue weighted by molar-refractivity contribution is 4.73. The van der Waals surface area contributed by atoms with Crippen molar-refractivity contribution in [1.82, 2.24) is 4.90 Å². The molecule has 0 amide bonds. The number of rotatable bonds is 8. The molecule has 0 aromatic carbocycles. The first-order valence-electron chi connectivity index (χ1n) is 6.79. The topological polar surface area (TPSA) is 47.7 Å². The first kappa shape index (κ1) is 14.9. The zero-order chi connectivity index (χ0) is 12.5. The number of nitrogens with zero attached hydrogens (tertiary/aromatic N) is 1. The average Bonchev–Trinajstić information content (AvgIpc) is 2.32. The Bertz CT molecular complexity index is 182. The number of hydrogen-bond donors (Lipinski definition) is 1. The van der Waals surface area contributed by atoms with Crippen molar-refractivity contribution in [1.29, 1.82) is 0 Å². The van der Waals surface area contributed by atoms with E-state index in [9.17, 15) is 0 Å². The predicted octanol–water partition coefficient (Wildman–Crippen LogP) is 1.10. The summed E-state index contributed by atoms with van der Waals surface area (Å²) < 4.78 is 11.0. The number of nitrogens with two attached hydrogens (primary N) is 1. The van der Waals surface area contributed by atoms with Gasteiger partial charge in [0.1, 0.15) is 0 Å². The molecule has 1 atom stereocenters. The molecule has 1 rings (SSSR count). The fourth-order valence-corrected chi connectivity index (χ4v) is 2.37. The number of likely N-dealkylation sites (tertiary alicyclic amines) is 1. The summed E-state index contributed by atoms with van der Waals surface area (Å²) in [6.07, 6.45) is 3.75. The minimum Gasteiger partial charge on any atom is -0.384 e. The van der Waals surface area contributed by atoms with Crippen molar-refractivity contribution in [3.63, 3.8) is 0 Å². The van der Waals surface area contributed by atoms with E-state index < -0.39 is 0 Å². The lowest BCUT2D eigenvalue weighted by Crippen LogP contribution is -2.40. The van der Waals surface area contributed by atoms with Gasteiger partial charge in [-0.1, -0.05) is 6.92 Å². The van der Waals surface area contributed by atoms with Gasteiger partial charge in [-0.3, -0.25) is 0 Å². The van der Waals surface area contributed by atoms with E-state index >= 15 is 0 Å². The molecule has 0 aromatic heterocycles. The van der Waals surface area contributed by atoms with Gasteiger partial charge < -0.3 is 20.1 Å². The van der Waals surface area contributed by atoms with E-state index in [1.807, 2.05) is 0 Å². The number of piperidine rings is 1. The molecule has 0 saturated carbocycles. The van der Waals surface area contributed by atoms with Crippen LogP contribution in [0.3, 0.4) is 0 Å². The molecule has 0 aliphatic carbocycles. The van der Waals surface area contributed by atoms with Gasteiger partial charge >= 0.3 is 0 Å². The van der Waals surface area contributed by atoms with E-state index in [4.69, 9.17) is 15.2 Å². The quantitative estimate of drug-likeness (QED) is 0.650. The van der Waals surface area contributed by atoms with Crippen LogP contribution in [0, 0.1) is 5.92 Å². The zero-order valence-electron chi connectivity index (χ0n) is 11.4. The molecular weight excluding hydrogens is 216 g/mol. The molecule has 1 heterocycles. The van der Waals surface area contributed by atoms with Crippen molar-refractivity contribution in [2.45, 2.75) is 32.3 Å². The van der Waals surface area contributed by atoms with Crippen LogP contribution in [-0.2, 0) is 9.47 Å². The van der Waals surface area contributed by atoms with Crippen LogP contribution < -0.4 is 5.73 Å². The third-order valence-electron chi connectivity index (χ3n) is 3.26. The van der Waals surface area contributed by atoms with Crippen molar-refractivity contribution >= 4 is 0 Å². The summed E-state index contributed by atoms with van der Waals surface area (Å²) in [7, 11) is 1.77. The second-order valence-corrected chi connectivity index (χ2v) is 5.07. The van der Waals surface area contributed by atoms with Gasteiger partial charge in [-0.2, -0.15) is 0 Å². The Labute approximate surface area is 105 Å². The maximum absolute atomic E-state index is 5.79. The molecule has 4 heteroatoms. The summed E-state index contributed by atoms with van der Waals surface area (Å²) in [5.41, 5.74) is 5.45. The lowest BCUT2D eigenvalue weighted by molar-refractivity contribution is 0.00226. The fraction of sp³-hybridized carbons (Fsp3) is 1.00. The highest BCUT2D eigenvalue weighted by Gasteiger charge is 2.20. The molecular formula is C13H28N2O2. The van der Waals surface area contributed by atoms with Crippen LogP contribution in [-0.4, -0.2) is 57.5 Å². The van der Waals surface area contributed by atoms with Crippen molar-refractivity contribution in [2.75, 3.05) is 46.5 Å². The first-order chi connectivity index (χ1) is 8.26. The maximum Gasteiger partial charge on any atom is 0.0599 e. The van der Waals surface area contributed by atoms with E-state index in [-0.39, 0.29) is 0 Å². The number of hydrogen-bond acceptors (Lipinski definition) is 4. The van der Waals surface area contributed by atoms with Crippen LogP contribution in [0.5, 0.6) is 0 Å². The van der Waals surface area contributed by atoms with Crippen LogP contribution in [0.4, 0.5) is 0 Å². The molecule has 0 spiro atoms. The maximum atomic E-state index is 5.79. The molecule has 4 nitrogen and oxygen atoms in total. The molecule has 1 fully saturated rings. The Morgan fingerprint density at radius 1 is 1.35 bits per heavy atom. The summed E-state index contributed by atoms with van der Waals surface area (Å²) in [4.78, 5) is 2.52. The van der Waals surface area contributed by atoms with Crippen molar-refractivity contribution in [3.8, 4) is 0 Å². The molecule has 1 aliphatic heterocycles. The van der Waals surface area contributed by atoms with Gasteiger partial charge in [0.2, 0.25) is 0 Å². The summed E-state index contributed by atoms with van der Waals surface area (Å²) in [6.45, 7) is 8.10. The van der Waals surface area contributed by atoms with E-state index in [0.717, 1.165) is 58.7 Å². The minimum atomic E-state index is 0.454. The third kappa shape index (κ3) is 6.36. The van der Waals surface area contributed by atoms with Crippen molar-refractivity contribution in [3.05, 3.63) is 0 Å². The predicted molar refractivity (Wildman–Crippen MR) is 70.1 cm³/mol. The molecule has 2 N–H and O–H groups in total. The van der Waals surface area contributed by atoms with Gasteiger partial charge in [0.25, 0.3) is 0 Å². The molecule has 102 valence electrons. The first-order valence-corrected chi connectivity index (χ1v) is 6.79. The van der Waals surface area contributed by atoms with Crippen molar-refractivity contribution < 1.29 is 9.47 Å². The molecule has 1 saturated heterocycles. The molecule has 1 unspecified atom stereocenters. The van der Waals surface area contributed by atoms with Crippen LogP contribution >= 0.6 is 0 Å². The Morgan fingerprint density at radius 3 is 2.65 bits per heavy atom. The molecule has 0 radical (unpaired) electrons. The van der Waals surface area contributed by atoms with Gasteiger partial charge in [0.05, 0.1) is 6.10 Å². The normalized spacial score (nSPS) is 20.6. The Kier molecular flexibility index (Phi) is 7.77. The van der Waals surface area contributed by atoms with Crippen LogP contribution in [0.2, 0.25) is 0 Å². The standard InChI is InChI=1S/C13H28N2O2/c1-12(11-16-2)10-15-7-4-13(5-8-15)17-9-3-6-14/h12-13H,3-11,14H2,1-2H3. The largest absolute Gasteiger partial charge is 0.384 e. The highest BCUT2D eigenvalue weighted by atomic mass is 16.5. The SMILES string of the molecule is COCC(C)CN1CCC(OCCCN)CC1. The number of methoxy groups -OCH3 is 1. The third-order valence-corrected chi connectivity index (χ3v) is 3.26. The van der Waals surface area contributed by atoms with Crippen LogP contribution in [0.25, 0.3) is 0 Å². The second-order valence-electron chi connectivity index (χ2n) is 5.07. The van der Waals surface area contributed by atoms with Gasteiger partial charge in [-0.05, 0) is 31.7 Å². The molecule has 1 aliphatic rings. The monoisotopic (exact) mass is 244 g/mol. The van der Waals surface area contributed by atoms with Gasteiger partial charge in [-0.15, -0.1) is 0 Å². The summed E-state index contributed by atoms with van der Waals surface area (Å²) in [6, 6.07) is 0. The fourth-order valence-electron chi connectivity index (χ4n) is 2.37. The van der Waals surface area contributed by atoms with E-state index in [0.29, 0.717) is 12.0 Å². The highest BCUT2D eigenvalue weighted by Crippen LogP contribution is 2.15.